The van der Waals surface area contributed by atoms with Gasteiger partial charge in [-0.2, -0.15) is 4.31 Å². The van der Waals surface area contributed by atoms with Crippen molar-refractivity contribution in [1.29, 1.82) is 0 Å². The Kier molecular flexibility index (Phi) is 10.1. The molecule has 0 aliphatic carbocycles. The van der Waals surface area contributed by atoms with Crippen molar-refractivity contribution in [2.45, 2.75) is 86.1 Å². The summed E-state index contributed by atoms with van der Waals surface area (Å²) < 4.78 is 46.3. The number of carboxylic acid groups (broad SMARTS) is 1. The van der Waals surface area contributed by atoms with Gasteiger partial charge in [-0.15, -0.1) is 0 Å². The van der Waals surface area contributed by atoms with Crippen molar-refractivity contribution in [1.82, 2.24) is 9.29 Å². The Morgan fingerprint density at radius 2 is 1.51 bits per heavy atom. The van der Waals surface area contributed by atoms with Gasteiger partial charge in [0.25, 0.3) is 0 Å². The summed E-state index contributed by atoms with van der Waals surface area (Å²) in [6.07, 6.45) is 1.87. The number of carbonyl (C=O) groups is 1. The number of rotatable bonds is 10. The number of hydrogen-bond acceptors (Lipinski definition) is 6. The highest BCUT2D eigenvalue weighted by Gasteiger charge is 2.36. The molecule has 10 heteroatoms. The van der Waals surface area contributed by atoms with Gasteiger partial charge >= 0.3 is 5.97 Å². The number of anilines is 1. The third-order valence-corrected chi connectivity index (χ3v) is 9.51. The van der Waals surface area contributed by atoms with Gasteiger partial charge in [-0.05, 0) is 81.7 Å². The average Bonchev–Trinajstić information content (AvgIpc) is 2.92. The first-order valence-electron chi connectivity index (χ1n) is 15.3. The van der Waals surface area contributed by atoms with Crippen LogP contribution in [0.25, 0.3) is 11.1 Å². The summed E-state index contributed by atoms with van der Waals surface area (Å²) >= 11 is 0. The zero-order valence-electron chi connectivity index (χ0n) is 27.6. The van der Waals surface area contributed by atoms with Gasteiger partial charge in [0.15, 0.2) is 6.10 Å². The van der Waals surface area contributed by atoms with E-state index in [1.54, 1.807) is 12.1 Å². The lowest BCUT2D eigenvalue weighted by molar-refractivity contribution is -0.160. The summed E-state index contributed by atoms with van der Waals surface area (Å²) in [5.41, 5.74) is 5.43. The molecule has 1 aliphatic rings. The summed E-state index contributed by atoms with van der Waals surface area (Å²) in [7, 11) is -3.56. The van der Waals surface area contributed by atoms with Crippen LogP contribution in [-0.2, 0) is 32.6 Å². The number of aliphatic carboxylic acids is 1. The van der Waals surface area contributed by atoms with Crippen LogP contribution in [0, 0.1) is 25.1 Å². The third kappa shape index (κ3) is 8.68. The van der Waals surface area contributed by atoms with Gasteiger partial charge in [0.05, 0.1) is 17.5 Å². The molecule has 3 aromatic rings. The molecule has 2 heterocycles. The molecule has 0 bridgehead atoms. The lowest BCUT2D eigenvalue weighted by atomic mass is 9.81. The number of ether oxygens (including phenoxy) is 1. The molecule has 1 aliphatic heterocycles. The maximum absolute atomic E-state index is 13.4. The summed E-state index contributed by atoms with van der Waals surface area (Å²) in [6.45, 7) is 15.6. The van der Waals surface area contributed by atoms with E-state index in [1.807, 2.05) is 58.9 Å². The lowest BCUT2D eigenvalue weighted by Crippen LogP contribution is -2.39. The SMILES string of the molecule is Cc1nc(C)c([C@H](OC(C)(C)C)C(=O)O)c(N2CCC(C)(C)CC2)c1-c1ccc(CN(Cc2ccc(F)cc2)S(C)(=O)=O)cc1. The molecule has 0 unspecified atom stereocenters. The molecule has 45 heavy (non-hydrogen) atoms. The van der Waals surface area contributed by atoms with Crippen LogP contribution in [0.5, 0.6) is 0 Å². The van der Waals surface area contributed by atoms with E-state index in [9.17, 15) is 22.7 Å². The van der Waals surface area contributed by atoms with Crippen LogP contribution in [0.1, 0.15) is 81.6 Å². The molecule has 0 spiro atoms. The van der Waals surface area contributed by atoms with Crippen LogP contribution in [0.15, 0.2) is 48.5 Å². The van der Waals surface area contributed by atoms with Crippen LogP contribution < -0.4 is 4.90 Å². The number of carboxylic acids is 1. The van der Waals surface area contributed by atoms with Crippen LogP contribution in [-0.4, -0.2) is 53.7 Å². The number of aryl methyl sites for hydroxylation is 2. The second-order valence-electron chi connectivity index (χ2n) is 13.9. The van der Waals surface area contributed by atoms with E-state index < -0.39 is 27.7 Å². The second kappa shape index (κ2) is 13.2. The van der Waals surface area contributed by atoms with E-state index in [4.69, 9.17) is 9.72 Å². The van der Waals surface area contributed by atoms with Crippen molar-refractivity contribution in [2.24, 2.45) is 5.41 Å². The van der Waals surface area contributed by atoms with Gasteiger partial charge in [-0.1, -0.05) is 50.2 Å². The number of pyridine rings is 1. The summed E-state index contributed by atoms with van der Waals surface area (Å²) in [5.74, 6) is -1.45. The maximum atomic E-state index is 13.4. The molecular formula is C35H46FN3O5S. The predicted molar refractivity (Wildman–Crippen MR) is 176 cm³/mol. The Bertz CT molecular complexity index is 1620. The van der Waals surface area contributed by atoms with Gasteiger partial charge in [-0.3, -0.25) is 4.98 Å². The Morgan fingerprint density at radius 3 is 1.98 bits per heavy atom. The quantitative estimate of drug-likeness (QED) is 0.254. The van der Waals surface area contributed by atoms with Crippen molar-refractivity contribution >= 4 is 21.7 Å². The highest BCUT2D eigenvalue weighted by Crippen LogP contribution is 2.44. The molecule has 2 aromatic carbocycles. The van der Waals surface area contributed by atoms with Gasteiger partial charge in [0.2, 0.25) is 10.0 Å². The van der Waals surface area contributed by atoms with Crippen LogP contribution in [0.3, 0.4) is 0 Å². The molecule has 244 valence electrons. The fourth-order valence-corrected chi connectivity index (χ4v) is 6.59. The summed E-state index contributed by atoms with van der Waals surface area (Å²) in [6, 6.07) is 13.5. The molecule has 1 fully saturated rings. The Morgan fingerprint density at radius 1 is 1.00 bits per heavy atom. The normalized spacial score (nSPS) is 16.2. The van der Waals surface area contributed by atoms with E-state index >= 15 is 0 Å². The monoisotopic (exact) mass is 639 g/mol. The highest BCUT2D eigenvalue weighted by molar-refractivity contribution is 7.88. The van der Waals surface area contributed by atoms with Crippen molar-refractivity contribution in [3.8, 4) is 11.1 Å². The van der Waals surface area contributed by atoms with Gasteiger partial charge < -0.3 is 14.7 Å². The molecule has 1 atom stereocenters. The molecule has 1 aromatic heterocycles. The van der Waals surface area contributed by atoms with E-state index in [-0.39, 0.29) is 24.3 Å². The topological polar surface area (TPSA) is 100 Å². The molecule has 4 rings (SSSR count). The van der Waals surface area contributed by atoms with Crippen molar-refractivity contribution in [2.75, 3.05) is 24.2 Å². The van der Waals surface area contributed by atoms with E-state index in [0.717, 1.165) is 54.0 Å². The van der Waals surface area contributed by atoms with E-state index in [0.29, 0.717) is 16.8 Å². The molecule has 8 nitrogen and oxygen atoms in total. The first kappa shape index (κ1) is 34.5. The van der Waals surface area contributed by atoms with Crippen molar-refractivity contribution in [3.63, 3.8) is 0 Å². The molecule has 1 saturated heterocycles. The molecular weight excluding hydrogens is 593 g/mol. The zero-order valence-corrected chi connectivity index (χ0v) is 28.5. The van der Waals surface area contributed by atoms with E-state index in [2.05, 4.69) is 18.7 Å². The Balaban J connectivity index is 1.79. The minimum absolute atomic E-state index is 0.116. The number of benzene rings is 2. The number of halogens is 1. The van der Waals surface area contributed by atoms with Crippen LogP contribution in [0.4, 0.5) is 10.1 Å². The molecule has 0 amide bonds. The summed E-state index contributed by atoms with van der Waals surface area (Å²) in [4.78, 5) is 19.9. The van der Waals surface area contributed by atoms with Gasteiger partial charge in [0.1, 0.15) is 5.82 Å². The van der Waals surface area contributed by atoms with Crippen molar-refractivity contribution < 1.29 is 27.4 Å². The fourth-order valence-electron chi connectivity index (χ4n) is 5.82. The Hall–Kier alpha value is -3.34. The van der Waals surface area contributed by atoms with Crippen molar-refractivity contribution in [3.05, 3.63) is 82.4 Å². The van der Waals surface area contributed by atoms with Crippen LogP contribution >= 0.6 is 0 Å². The largest absolute Gasteiger partial charge is 0.479 e. The minimum atomic E-state index is -3.56. The maximum Gasteiger partial charge on any atom is 0.337 e. The van der Waals surface area contributed by atoms with Gasteiger partial charge in [-0.25, -0.2) is 17.6 Å². The standard InChI is InChI=1S/C35H46FN3O5S/c1-23-29(27-13-9-25(10-14-27)21-39(45(8,42)43)22-26-11-15-28(36)16-12-26)31(38-19-17-35(6,7)18-20-38)30(24(2)37-23)32(33(40)41)44-34(3,4)5/h9-16,32H,17-22H2,1-8H3,(H,40,41)/t32-/m0/s1. The highest BCUT2D eigenvalue weighted by atomic mass is 32.2. The molecule has 0 radical (unpaired) electrons. The third-order valence-electron chi connectivity index (χ3n) is 8.31. The number of aromatic nitrogens is 1. The second-order valence-corrected chi connectivity index (χ2v) is 15.9. The number of piperidine rings is 1. The number of nitrogens with zero attached hydrogens (tertiary/aromatic N) is 3. The van der Waals surface area contributed by atoms with Crippen LogP contribution in [0.2, 0.25) is 0 Å². The smallest absolute Gasteiger partial charge is 0.337 e. The fraction of sp³-hybridized carbons (Fsp3) is 0.486. The molecule has 0 saturated carbocycles. The number of sulfonamides is 1. The van der Waals surface area contributed by atoms with E-state index in [1.165, 1.54) is 22.7 Å². The predicted octanol–water partition coefficient (Wildman–Crippen LogP) is 7.03. The minimum Gasteiger partial charge on any atom is -0.479 e. The Labute approximate surface area is 267 Å². The number of hydrogen-bond donors (Lipinski definition) is 1. The zero-order chi connectivity index (χ0) is 33.3. The first-order valence-corrected chi connectivity index (χ1v) is 17.1. The average molecular weight is 640 g/mol. The molecule has 1 N–H and O–H groups in total. The summed E-state index contributed by atoms with van der Waals surface area (Å²) in [5, 5.41) is 10.4. The first-order chi connectivity index (χ1) is 20.8. The lowest BCUT2D eigenvalue weighted by Gasteiger charge is -2.41. The van der Waals surface area contributed by atoms with Gasteiger partial charge in [0, 0.05) is 48.7 Å².